The molecule has 0 aromatic carbocycles. The molecule has 4 aromatic heterocycles. The summed E-state index contributed by atoms with van der Waals surface area (Å²) in [6.45, 7) is 18.1. The van der Waals surface area contributed by atoms with E-state index in [0.717, 1.165) is 17.2 Å². The van der Waals surface area contributed by atoms with Crippen molar-refractivity contribution in [2.75, 3.05) is 0 Å². The number of nitrogens with one attached hydrogen (secondary N) is 2. The Balaban J connectivity index is 1.76. The molecule has 2 N–H and O–H groups in total. The molecule has 5 heterocycles. The predicted octanol–water partition coefficient (Wildman–Crippen LogP) is 7.61. The van der Waals surface area contributed by atoms with E-state index >= 15 is 0 Å². The van der Waals surface area contributed by atoms with Crippen molar-refractivity contribution in [3.05, 3.63) is 92.6 Å². The molecule has 0 radical (unpaired) electrons. The van der Waals surface area contributed by atoms with Crippen molar-refractivity contribution in [2.45, 2.75) is 77.0 Å². The van der Waals surface area contributed by atoms with Crippen molar-refractivity contribution >= 4 is 11.3 Å². The molecular formula is C28H34N2OS. The van der Waals surface area contributed by atoms with Crippen LogP contribution in [-0.4, -0.2) is 9.97 Å². The number of hydrogen-bond donors (Lipinski definition) is 2. The second-order valence-corrected chi connectivity index (χ2v) is 12.5. The highest BCUT2D eigenvalue weighted by Crippen LogP contribution is 2.44. The van der Waals surface area contributed by atoms with Gasteiger partial charge < -0.3 is 14.4 Å². The van der Waals surface area contributed by atoms with Crippen LogP contribution in [0, 0.1) is 0 Å². The molecule has 0 spiro atoms. The Hall–Kier alpha value is -2.46. The average molecular weight is 447 g/mol. The normalized spacial score (nSPS) is 20.2. The zero-order valence-electron chi connectivity index (χ0n) is 20.4. The first-order valence-electron chi connectivity index (χ1n) is 11.5. The molecule has 0 atom stereocenters. The summed E-state index contributed by atoms with van der Waals surface area (Å²) in [6, 6.07) is 17.8. The third-order valence-electron chi connectivity index (χ3n) is 7.74. The Morgan fingerprint density at radius 1 is 0.500 bits per heavy atom. The summed E-state index contributed by atoms with van der Waals surface area (Å²) in [5.41, 5.74) is 4.08. The smallest absolute Gasteiger partial charge is 0.115 e. The maximum atomic E-state index is 6.56. The maximum Gasteiger partial charge on any atom is 0.115 e. The van der Waals surface area contributed by atoms with Crippen molar-refractivity contribution < 1.29 is 4.42 Å². The van der Waals surface area contributed by atoms with E-state index in [1.807, 2.05) is 11.3 Å². The lowest BCUT2D eigenvalue weighted by atomic mass is 9.86. The second kappa shape index (κ2) is 6.54. The zero-order valence-corrected chi connectivity index (χ0v) is 21.3. The molecule has 0 aliphatic carbocycles. The first kappa shape index (κ1) is 21.4. The van der Waals surface area contributed by atoms with Gasteiger partial charge in [0.2, 0.25) is 0 Å². The molecule has 32 heavy (non-hydrogen) atoms. The largest absolute Gasteiger partial charge is 0.464 e. The summed E-state index contributed by atoms with van der Waals surface area (Å²) in [7, 11) is 0. The van der Waals surface area contributed by atoms with E-state index in [1.54, 1.807) is 0 Å². The fraction of sp³-hybridized carbons (Fsp3) is 0.429. The lowest BCUT2D eigenvalue weighted by molar-refractivity contribution is 0.363. The van der Waals surface area contributed by atoms with Gasteiger partial charge in [0.05, 0.1) is 10.8 Å². The van der Waals surface area contributed by atoms with E-state index in [4.69, 9.17) is 4.42 Å². The highest BCUT2D eigenvalue weighted by Gasteiger charge is 2.37. The first-order chi connectivity index (χ1) is 14.8. The van der Waals surface area contributed by atoms with Crippen molar-refractivity contribution in [1.82, 2.24) is 9.97 Å². The van der Waals surface area contributed by atoms with E-state index in [2.05, 4.69) is 114 Å². The van der Waals surface area contributed by atoms with Crippen molar-refractivity contribution in [3.8, 4) is 0 Å². The van der Waals surface area contributed by atoms with Gasteiger partial charge in [-0.3, -0.25) is 0 Å². The molecule has 0 amide bonds. The third kappa shape index (κ3) is 2.92. The molecule has 1 aliphatic rings. The van der Waals surface area contributed by atoms with Crippen LogP contribution >= 0.6 is 11.3 Å². The Morgan fingerprint density at radius 2 is 0.906 bits per heavy atom. The second-order valence-electron chi connectivity index (χ2n) is 11.4. The lowest BCUT2D eigenvalue weighted by Gasteiger charge is -2.27. The van der Waals surface area contributed by atoms with Crippen LogP contribution in [0.5, 0.6) is 0 Å². The van der Waals surface area contributed by atoms with Gasteiger partial charge in [0.15, 0.2) is 0 Å². The van der Waals surface area contributed by atoms with Gasteiger partial charge >= 0.3 is 0 Å². The summed E-state index contributed by atoms with van der Waals surface area (Å²) in [5, 5.41) is 0. The molecule has 0 saturated carbocycles. The van der Waals surface area contributed by atoms with Gasteiger partial charge in [-0.2, -0.15) is 0 Å². The molecule has 8 bridgehead atoms. The molecule has 1 aliphatic heterocycles. The quantitative estimate of drug-likeness (QED) is 0.287. The van der Waals surface area contributed by atoms with Crippen LogP contribution in [-0.2, 0) is 21.7 Å². The summed E-state index contributed by atoms with van der Waals surface area (Å²) in [4.78, 5) is 10.2. The van der Waals surface area contributed by atoms with Gasteiger partial charge in [0, 0.05) is 43.4 Å². The number of hydrogen-bond acceptors (Lipinski definition) is 2. The van der Waals surface area contributed by atoms with E-state index in [1.165, 1.54) is 26.8 Å². The van der Waals surface area contributed by atoms with Crippen LogP contribution in [0.2, 0.25) is 0 Å². The number of rotatable bonds is 0. The Morgan fingerprint density at radius 3 is 1.44 bits per heavy atom. The van der Waals surface area contributed by atoms with Crippen molar-refractivity contribution in [2.24, 2.45) is 0 Å². The fourth-order valence-corrected chi connectivity index (χ4v) is 6.03. The van der Waals surface area contributed by atoms with E-state index in [0.29, 0.717) is 0 Å². The van der Waals surface area contributed by atoms with Gasteiger partial charge in [-0.15, -0.1) is 11.3 Å². The van der Waals surface area contributed by atoms with Crippen LogP contribution in [0.15, 0.2) is 52.9 Å². The molecule has 4 heteroatoms. The van der Waals surface area contributed by atoms with Crippen molar-refractivity contribution in [1.29, 1.82) is 0 Å². The third-order valence-corrected chi connectivity index (χ3v) is 9.47. The lowest BCUT2D eigenvalue weighted by Crippen LogP contribution is -2.24. The van der Waals surface area contributed by atoms with Gasteiger partial charge in [0.1, 0.15) is 11.5 Å². The monoisotopic (exact) mass is 446 g/mol. The molecule has 5 rings (SSSR count). The van der Waals surface area contributed by atoms with Crippen LogP contribution < -0.4 is 0 Å². The van der Waals surface area contributed by atoms with Gasteiger partial charge in [0.25, 0.3) is 0 Å². The number of fused-ring (bicyclic) bond motifs is 8. The Labute approximate surface area is 195 Å². The fourth-order valence-electron chi connectivity index (χ4n) is 4.80. The first-order valence-corrected chi connectivity index (χ1v) is 12.3. The van der Waals surface area contributed by atoms with Crippen molar-refractivity contribution in [3.63, 3.8) is 0 Å². The van der Waals surface area contributed by atoms with Crippen LogP contribution in [0.25, 0.3) is 0 Å². The van der Waals surface area contributed by atoms with Crippen LogP contribution in [0.3, 0.4) is 0 Å². The van der Waals surface area contributed by atoms with E-state index in [9.17, 15) is 0 Å². The maximum absolute atomic E-state index is 6.56. The number of H-pyrrole nitrogens is 2. The SMILES string of the molecule is CC1(C)c2ccc([nH]2)C(C)(C)c2ccc(o2)C(C)(C)c2ccc(s2)C(C)(C)c2ccc1[nH]2. The molecule has 0 unspecified atom stereocenters. The minimum Gasteiger partial charge on any atom is -0.464 e. The predicted molar refractivity (Wildman–Crippen MR) is 133 cm³/mol. The molecule has 168 valence electrons. The Bertz CT molecular complexity index is 1010. The highest BCUT2D eigenvalue weighted by molar-refractivity contribution is 7.12. The van der Waals surface area contributed by atoms with E-state index < -0.39 is 0 Å². The highest BCUT2D eigenvalue weighted by atomic mass is 32.1. The average Bonchev–Trinajstić information content (AvgIpc) is 3.53. The standard InChI is InChI=1S/C28H34N2OS/c1-25(2)17-9-11-19(29-17)26(3,4)21-13-14-22(31-21)28(7,8)24-16-15-23(32-24)27(5,6)20-12-10-18(25)30-20/h9-16,29-30H,1-8H3. The molecule has 0 saturated heterocycles. The molecule has 4 aromatic rings. The summed E-state index contributed by atoms with van der Waals surface area (Å²) in [6.07, 6.45) is 0. The molecule has 0 fully saturated rings. The van der Waals surface area contributed by atoms with Crippen LogP contribution in [0.1, 0.15) is 99.4 Å². The van der Waals surface area contributed by atoms with E-state index in [-0.39, 0.29) is 21.7 Å². The number of aromatic nitrogens is 2. The summed E-state index contributed by atoms with van der Waals surface area (Å²) < 4.78 is 6.56. The molecular weight excluding hydrogens is 412 g/mol. The zero-order chi connectivity index (χ0) is 23.1. The number of thiophene rings is 1. The Kier molecular flexibility index (Phi) is 4.37. The van der Waals surface area contributed by atoms with Gasteiger partial charge in [-0.1, -0.05) is 0 Å². The van der Waals surface area contributed by atoms with Gasteiger partial charge in [-0.05, 0) is 104 Å². The van der Waals surface area contributed by atoms with Crippen LogP contribution in [0.4, 0.5) is 0 Å². The molecule has 3 nitrogen and oxygen atoms in total. The summed E-state index contributed by atoms with van der Waals surface area (Å²) >= 11 is 1.89. The minimum absolute atomic E-state index is 0.110. The topological polar surface area (TPSA) is 44.7 Å². The summed E-state index contributed by atoms with van der Waals surface area (Å²) in [5.74, 6) is 1.99. The number of furan rings is 1. The minimum atomic E-state index is -0.261. The number of aromatic amines is 2. The van der Waals surface area contributed by atoms with Gasteiger partial charge in [-0.25, -0.2) is 0 Å².